The number of nitrogens with zero attached hydrogens (tertiary/aromatic N) is 2. The summed E-state index contributed by atoms with van der Waals surface area (Å²) in [6.45, 7) is 0. The van der Waals surface area contributed by atoms with Crippen LogP contribution in [0.1, 0.15) is 21.5 Å². The molecule has 0 unspecified atom stereocenters. The van der Waals surface area contributed by atoms with Gasteiger partial charge in [0.05, 0.1) is 23.9 Å². The van der Waals surface area contributed by atoms with Gasteiger partial charge in [-0.25, -0.2) is 9.78 Å². The molecule has 26 heavy (non-hydrogen) atoms. The Bertz CT molecular complexity index is 948. The van der Waals surface area contributed by atoms with E-state index in [9.17, 15) is 10.1 Å². The van der Waals surface area contributed by atoms with Crippen molar-refractivity contribution >= 4 is 17.7 Å². The smallest absolute Gasteiger partial charge is 0.337 e. The second-order valence-corrected chi connectivity index (χ2v) is 6.47. The summed E-state index contributed by atoms with van der Waals surface area (Å²) in [7, 11) is 1.36. The highest BCUT2D eigenvalue weighted by atomic mass is 32.2. The van der Waals surface area contributed by atoms with E-state index >= 15 is 0 Å². The highest BCUT2D eigenvalue weighted by Crippen LogP contribution is 2.27. The van der Waals surface area contributed by atoms with Gasteiger partial charge in [0.25, 0.3) is 0 Å². The number of aromatic nitrogens is 1. The predicted molar refractivity (Wildman–Crippen MR) is 102 cm³/mol. The first kappa shape index (κ1) is 17.7. The minimum absolute atomic E-state index is 0.354. The molecule has 0 aliphatic carbocycles. The molecule has 0 aliphatic heterocycles. The van der Waals surface area contributed by atoms with E-state index in [1.54, 1.807) is 18.2 Å². The Morgan fingerprint density at radius 1 is 1.08 bits per heavy atom. The zero-order valence-electron chi connectivity index (χ0n) is 14.2. The molecule has 1 heterocycles. The van der Waals surface area contributed by atoms with Crippen molar-refractivity contribution in [3.05, 3.63) is 83.4 Å². The van der Waals surface area contributed by atoms with Crippen LogP contribution in [-0.2, 0) is 10.5 Å². The van der Waals surface area contributed by atoms with Crippen molar-refractivity contribution in [1.82, 2.24) is 4.98 Å². The van der Waals surface area contributed by atoms with Crippen LogP contribution in [0.3, 0.4) is 0 Å². The van der Waals surface area contributed by atoms with Gasteiger partial charge in [0, 0.05) is 11.3 Å². The summed E-state index contributed by atoms with van der Waals surface area (Å²) in [5.74, 6) is 0.301. The first-order valence-corrected chi connectivity index (χ1v) is 8.96. The van der Waals surface area contributed by atoms with Gasteiger partial charge in [0.15, 0.2) is 0 Å². The summed E-state index contributed by atoms with van der Waals surface area (Å²) < 4.78 is 4.70. The van der Waals surface area contributed by atoms with Gasteiger partial charge in [-0.15, -0.1) is 11.8 Å². The van der Waals surface area contributed by atoms with Crippen LogP contribution in [-0.4, -0.2) is 18.1 Å². The predicted octanol–water partition coefficient (Wildman–Crippen LogP) is 4.70. The highest BCUT2D eigenvalue weighted by Gasteiger charge is 2.09. The molecule has 0 fully saturated rings. The number of nitriles is 1. The van der Waals surface area contributed by atoms with Gasteiger partial charge in [-0.3, -0.25) is 0 Å². The molecule has 0 bridgehead atoms. The van der Waals surface area contributed by atoms with E-state index in [1.165, 1.54) is 18.9 Å². The van der Waals surface area contributed by atoms with Crippen molar-refractivity contribution < 1.29 is 9.53 Å². The fraction of sp³-hybridized carbons (Fsp3) is 0.0952. The van der Waals surface area contributed by atoms with Crippen molar-refractivity contribution in [2.24, 2.45) is 0 Å². The van der Waals surface area contributed by atoms with Crippen LogP contribution in [0.4, 0.5) is 0 Å². The molecule has 0 spiro atoms. The molecule has 4 nitrogen and oxygen atoms in total. The number of pyridine rings is 1. The number of hydrogen-bond acceptors (Lipinski definition) is 5. The molecule has 128 valence electrons. The fourth-order valence-electron chi connectivity index (χ4n) is 2.41. The van der Waals surface area contributed by atoms with E-state index in [-0.39, 0.29) is 5.97 Å². The number of rotatable bonds is 5. The molecular formula is C21H16N2O2S. The maximum atomic E-state index is 11.5. The third-order valence-electron chi connectivity index (χ3n) is 3.80. The Kier molecular flexibility index (Phi) is 5.67. The molecule has 0 atom stereocenters. The van der Waals surface area contributed by atoms with E-state index in [4.69, 9.17) is 4.74 Å². The molecular weight excluding hydrogens is 344 g/mol. The molecule has 0 saturated carbocycles. The number of carbonyl (C=O) groups excluding carboxylic acids is 1. The number of benzene rings is 2. The summed E-state index contributed by atoms with van der Waals surface area (Å²) >= 11 is 1.50. The third-order valence-corrected chi connectivity index (χ3v) is 4.86. The number of thioether (sulfide) groups is 1. The molecule has 3 rings (SSSR count). The maximum Gasteiger partial charge on any atom is 0.337 e. The first-order chi connectivity index (χ1) is 12.7. The number of esters is 1. The van der Waals surface area contributed by atoms with Crippen LogP contribution in [0.5, 0.6) is 0 Å². The van der Waals surface area contributed by atoms with Crippen molar-refractivity contribution in [2.45, 2.75) is 10.8 Å². The SMILES string of the molecule is COC(=O)c1ccc(CSc2nc(-c3ccccc3)ccc2C#N)cc1. The molecule has 2 aromatic carbocycles. The summed E-state index contributed by atoms with van der Waals surface area (Å²) in [5.41, 5.74) is 3.97. The monoisotopic (exact) mass is 360 g/mol. The Morgan fingerprint density at radius 2 is 1.81 bits per heavy atom. The zero-order chi connectivity index (χ0) is 18.4. The van der Waals surface area contributed by atoms with E-state index in [0.29, 0.717) is 21.9 Å². The molecule has 0 amide bonds. The lowest BCUT2D eigenvalue weighted by atomic mass is 10.1. The first-order valence-electron chi connectivity index (χ1n) is 7.98. The van der Waals surface area contributed by atoms with Crippen LogP contribution in [0, 0.1) is 11.3 Å². The number of carbonyl (C=O) groups is 1. The lowest BCUT2D eigenvalue weighted by Gasteiger charge is -2.07. The van der Waals surface area contributed by atoms with Gasteiger partial charge in [-0.05, 0) is 29.8 Å². The Labute approximate surface area is 156 Å². The average Bonchev–Trinajstić information content (AvgIpc) is 2.72. The van der Waals surface area contributed by atoms with Crippen molar-refractivity contribution in [3.8, 4) is 17.3 Å². The summed E-state index contributed by atoms with van der Waals surface area (Å²) in [5, 5.41) is 10.0. The minimum atomic E-state index is -0.354. The van der Waals surface area contributed by atoms with Gasteiger partial charge < -0.3 is 4.74 Å². The van der Waals surface area contributed by atoms with Crippen LogP contribution >= 0.6 is 11.8 Å². The standard InChI is InChI=1S/C21H16N2O2S/c1-25-21(24)17-9-7-15(8-10-17)14-26-20-18(13-22)11-12-19(23-20)16-5-3-2-4-6-16/h2-12H,14H2,1H3. The van der Waals surface area contributed by atoms with Crippen LogP contribution in [0.25, 0.3) is 11.3 Å². The van der Waals surface area contributed by atoms with Gasteiger partial charge in [0.2, 0.25) is 0 Å². The molecule has 5 heteroatoms. The Balaban J connectivity index is 1.78. The molecule has 3 aromatic rings. The van der Waals surface area contributed by atoms with Gasteiger partial charge >= 0.3 is 5.97 Å². The van der Waals surface area contributed by atoms with Gasteiger partial charge in [-0.1, -0.05) is 42.5 Å². The molecule has 0 aliphatic rings. The van der Waals surface area contributed by atoms with Crippen LogP contribution in [0.2, 0.25) is 0 Å². The molecule has 0 N–H and O–H groups in total. The summed E-state index contributed by atoms with van der Waals surface area (Å²) in [4.78, 5) is 16.1. The van der Waals surface area contributed by atoms with Crippen LogP contribution in [0.15, 0.2) is 71.8 Å². The second kappa shape index (κ2) is 8.32. The van der Waals surface area contributed by atoms with E-state index in [2.05, 4.69) is 11.1 Å². The van der Waals surface area contributed by atoms with E-state index in [0.717, 1.165) is 16.8 Å². The largest absolute Gasteiger partial charge is 0.465 e. The van der Waals surface area contributed by atoms with E-state index in [1.807, 2.05) is 48.5 Å². The Hall–Kier alpha value is -3.10. The number of ether oxygens (including phenoxy) is 1. The minimum Gasteiger partial charge on any atom is -0.465 e. The lowest BCUT2D eigenvalue weighted by Crippen LogP contribution is -2.00. The zero-order valence-corrected chi connectivity index (χ0v) is 15.0. The normalized spacial score (nSPS) is 10.2. The van der Waals surface area contributed by atoms with Gasteiger partial charge in [-0.2, -0.15) is 5.26 Å². The molecule has 0 radical (unpaired) electrons. The van der Waals surface area contributed by atoms with Crippen molar-refractivity contribution in [2.75, 3.05) is 7.11 Å². The second-order valence-electron chi connectivity index (χ2n) is 5.50. The lowest BCUT2D eigenvalue weighted by molar-refractivity contribution is 0.0600. The summed E-state index contributed by atoms with van der Waals surface area (Å²) in [6, 6.07) is 23.0. The molecule has 1 aromatic heterocycles. The number of hydrogen-bond donors (Lipinski definition) is 0. The summed E-state index contributed by atoms with van der Waals surface area (Å²) in [6.07, 6.45) is 0. The third kappa shape index (κ3) is 4.11. The Morgan fingerprint density at radius 3 is 2.46 bits per heavy atom. The quantitative estimate of drug-likeness (QED) is 0.487. The molecule has 0 saturated heterocycles. The highest BCUT2D eigenvalue weighted by molar-refractivity contribution is 7.98. The van der Waals surface area contributed by atoms with Crippen molar-refractivity contribution in [3.63, 3.8) is 0 Å². The van der Waals surface area contributed by atoms with Crippen LogP contribution < -0.4 is 0 Å². The number of methoxy groups -OCH3 is 1. The van der Waals surface area contributed by atoms with Crippen molar-refractivity contribution in [1.29, 1.82) is 5.26 Å². The topological polar surface area (TPSA) is 63.0 Å². The maximum absolute atomic E-state index is 11.5. The van der Waals surface area contributed by atoms with Gasteiger partial charge in [0.1, 0.15) is 11.1 Å². The fourth-order valence-corrected chi connectivity index (χ4v) is 3.34. The van der Waals surface area contributed by atoms with E-state index < -0.39 is 0 Å². The average molecular weight is 360 g/mol.